The first-order chi connectivity index (χ1) is 16.2. The van der Waals surface area contributed by atoms with Crippen LogP contribution in [0.4, 0.5) is 16.2 Å². The highest BCUT2D eigenvalue weighted by molar-refractivity contribution is 7.89. The lowest BCUT2D eigenvalue weighted by Gasteiger charge is -2.24. The number of primary amides is 1. The van der Waals surface area contributed by atoms with Crippen LogP contribution in [-0.4, -0.2) is 50.8 Å². The summed E-state index contributed by atoms with van der Waals surface area (Å²) in [5.74, 6) is -0.342. The molecule has 0 saturated carbocycles. The Labute approximate surface area is 201 Å². The van der Waals surface area contributed by atoms with Crippen LogP contribution in [0.2, 0.25) is 0 Å². The molecular weight excluding hydrogens is 454 g/mol. The zero-order valence-corrected chi connectivity index (χ0v) is 20.7. The van der Waals surface area contributed by atoms with E-state index in [1.807, 2.05) is 6.92 Å². The van der Waals surface area contributed by atoms with E-state index in [0.717, 1.165) is 37.2 Å². The van der Waals surface area contributed by atoms with E-state index in [0.29, 0.717) is 24.3 Å². The van der Waals surface area contributed by atoms with Crippen molar-refractivity contribution in [1.29, 1.82) is 0 Å². The van der Waals surface area contributed by atoms with E-state index in [2.05, 4.69) is 15.5 Å². The van der Waals surface area contributed by atoms with Gasteiger partial charge in [-0.25, -0.2) is 13.2 Å². The van der Waals surface area contributed by atoms with Gasteiger partial charge in [0, 0.05) is 37.6 Å². The Bertz CT molecular complexity index is 1120. The second-order valence-electron chi connectivity index (χ2n) is 8.27. The van der Waals surface area contributed by atoms with E-state index in [1.54, 1.807) is 50.2 Å². The van der Waals surface area contributed by atoms with Gasteiger partial charge in [0.05, 0.1) is 16.5 Å². The Morgan fingerprint density at radius 1 is 1.06 bits per heavy atom. The summed E-state index contributed by atoms with van der Waals surface area (Å²) in [6.45, 7) is 7.79. The first kappa shape index (κ1) is 25.5. The smallest absolute Gasteiger partial charge is 0.316 e. The normalized spacial score (nSPS) is 14.8. The molecule has 9 nitrogen and oxygen atoms in total. The van der Waals surface area contributed by atoms with Crippen LogP contribution >= 0.6 is 0 Å². The molecule has 3 amide bonds. The fraction of sp³-hybridized carbons (Fsp3) is 0.417. The average molecular weight is 488 g/mol. The van der Waals surface area contributed by atoms with Gasteiger partial charge in [-0.1, -0.05) is 26.0 Å². The molecule has 0 aliphatic carbocycles. The number of nitrogens with one attached hydrogen (secondary N) is 2. The molecule has 1 saturated heterocycles. The summed E-state index contributed by atoms with van der Waals surface area (Å²) in [5, 5.41) is 5.49. The highest BCUT2D eigenvalue weighted by Gasteiger charge is 2.27. The topological polar surface area (TPSA) is 125 Å². The number of anilines is 2. The number of carbonyl (C=O) groups excluding carboxylic acids is 2. The lowest BCUT2D eigenvalue weighted by atomic mass is 10.1. The molecule has 1 aliphatic heterocycles. The van der Waals surface area contributed by atoms with E-state index >= 15 is 0 Å². The predicted octanol–water partition coefficient (Wildman–Crippen LogP) is 3.30. The number of benzene rings is 2. The summed E-state index contributed by atoms with van der Waals surface area (Å²) in [4.78, 5) is 26.6. The number of hydrogen-bond donors (Lipinski definition) is 3. The van der Waals surface area contributed by atoms with Gasteiger partial charge in [-0.15, -0.1) is 0 Å². The zero-order valence-electron chi connectivity index (χ0n) is 19.9. The maximum absolute atomic E-state index is 13.4. The molecule has 0 radical (unpaired) electrons. The third-order valence-corrected chi connectivity index (χ3v) is 8.07. The third kappa shape index (κ3) is 5.68. The zero-order chi connectivity index (χ0) is 24.9. The molecule has 1 heterocycles. The van der Waals surface area contributed by atoms with Crippen LogP contribution in [0.5, 0.6) is 0 Å². The highest BCUT2D eigenvalue weighted by Crippen LogP contribution is 2.29. The maximum atomic E-state index is 13.4. The number of rotatable bonds is 9. The summed E-state index contributed by atoms with van der Waals surface area (Å²) in [5.41, 5.74) is 7.61. The van der Waals surface area contributed by atoms with Gasteiger partial charge >= 0.3 is 6.03 Å². The Morgan fingerprint density at radius 2 is 1.68 bits per heavy atom. The van der Waals surface area contributed by atoms with Crippen LogP contribution in [0.15, 0.2) is 47.4 Å². The lowest BCUT2D eigenvalue weighted by Crippen LogP contribution is -2.32. The number of hydrogen-bond acceptors (Lipinski definition) is 5. The van der Waals surface area contributed by atoms with Crippen LogP contribution in [-0.2, 0) is 10.0 Å². The van der Waals surface area contributed by atoms with Gasteiger partial charge in [0.15, 0.2) is 0 Å². The van der Waals surface area contributed by atoms with Crippen molar-refractivity contribution >= 4 is 33.3 Å². The molecule has 1 unspecified atom stereocenters. The fourth-order valence-corrected chi connectivity index (χ4v) is 5.64. The van der Waals surface area contributed by atoms with Crippen molar-refractivity contribution in [2.45, 2.75) is 44.6 Å². The first-order valence-corrected chi connectivity index (χ1v) is 13.0. The largest absolute Gasteiger partial charge is 0.371 e. The molecule has 2 aromatic rings. The fourth-order valence-electron chi connectivity index (χ4n) is 4.16. The molecule has 0 spiro atoms. The van der Waals surface area contributed by atoms with Gasteiger partial charge < -0.3 is 21.3 Å². The maximum Gasteiger partial charge on any atom is 0.316 e. The molecule has 10 heteroatoms. The quantitative estimate of drug-likeness (QED) is 0.501. The van der Waals surface area contributed by atoms with Crippen molar-refractivity contribution in [1.82, 2.24) is 9.62 Å². The standard InChI is InChI=1S/C24H33N5O4S/c1-4-29(5-2)34(32,33)20-12-13-22(28-14-6-7-15-28)21(16-20)23(30)26-17(3)18-8-10-19(11-9-18)27-24(25)31/h8-13,16-17H,4-7,14-15H2,1-3H3,(H,26,30)(H3,25,27,31). The van der Waals surface area contributed by atoms with Gasteiger partial charge in [0.25, 0.3) is 5.91 Å². The minimum absolute atomic E-state index is 0.110. The van der Waals surface area contributed by atoms with Gasteiger partial charge in [-0.3, -0.25) is 4.79 Å². The second kappa shape index (κ2) is 10.9. The van der Waals surface area contributed by atoms with Crippen molar-refractivity contribution in [2.75, 3.05) is 36.4 Å². The van der Waals surface area contributed by atoms with E-state index in [9.17, 15) is 18.0 Å². The monoisotopic (exact) mass is 487 g/mol. The van der Waals surface area contributed by atoms with Gasteiger partial charge in [0.1, 0.15) is 0 Å². The Morgan fingerprint density at radius 3 is 2.24 bits per heavy atom. The second-order valence-corrected chi connectivity index (χ2v) is 10.2. The number of urea groups is 1. The van der Waals surface area contributed by atoms with Crippen molar-refractivity contribution < 1.29 is 18.0 Å². The SMILES string of the molecule is CCN(CC)S(=O)(=O)c1ccc(N2CCCC2)c(C(=O)NC(C)c2ccc(NC(N)=O)cc2)c1. The van der Waals surface area contributed by atoms with Crippen LogP contribution in [0.1, 0.15) is 55.6 Å². The Balaban J connectivity index is 1.90. The number of amides is 3. The Kier molecular flexibility index (Phi) is 8.16. The molecule has 4 N–H and O–H groups in total. The molecule has 0 aromatic heterocycles. The summed E-state index contributed by atoms with van der Waals surface area (Å²) in [6, 6.07) is 10.8. The molecule has 0 bridgehead atoms. The summed E-state index contributed by atoms with van der Waals surface area (Å²) < 4.78 is 27.6. The molecule has 1 aliphatic rings. The lowest BCUT2D eigenvalue weighted by molar-refractivity contribution is 0.0940. The Hall–Kier alpha value is -3.11. The minimum Gasteiger partial charge on any atom is -0.371 e. The predicted molar refractivity (Wildman–Crippen MR) is 134 cm³/mol. The van der Waals surface area contributed by atoms with Gasteiger partial charge in [0.2, 0.25) is 10.0 Å². The van der Waals surface area contributed by atoms with Gasteiger partial charge in [-0.05, 0) is 55.7 Å². The molecule has 1 atom stereocenters. The molecule has 34 heavy (non-hydrogen) atoms. The molecule has 2 aromatic carbocycles. The number of sulfonamides is 1. The van der Waals surface area contributed by atoms with Crippen LogP contribution in [0, 0.1) is 0 Å². The van der Waals surface area contributed by atoms with Crippen LogP contribution < -0.4 is 21.3 Å². The third-order valence-electron chi connectivity index (χ3n) is 6.03. The number of nitrogens with zero attached hydrogens (tertiary/aromatic N) is 2. The average Bonchev–Trinajstić information content (AvgIpc) is 3.34. The molecule has 1 fully saturated rings. The molecule has 184 valence electrons. The van der Waals surface area contributed by atoms with E-state index in [-0.39, 0.29) is 16.8 Å². The van der Waals surface area contributed by atoms with Crippen molar-refractivity contribution in [3.8, 4) is 0 Å². The van der Waals surface area contributed by atoms with Crippen molar-refractivity contribution in [3.63, 3.8) is 0 Å². The summed E-state index contributed by atoms with van der Waals surface area (Å²) in [6.07, 6.45) is 2.06. The van der Waals surface area contributed by atoms with E-state index < -0.39 is 16.1 Å². The number of nitrogens with two attached hydrogens (primary N) is 1. The minimum atomic E-state index is -3.70. The van der Waals surface area contributed by atoms with Gasteiger partial charge in [-0.2, -0.15) is 4.31 Å². The van der Waals surface area contributed by atoms with E-state index in [1.165, 1.54) is 10.4 Å². The number of carbonyl (C=O) groups is 2. The van der Waals surface area contributed by atoms with Crippen molar-refractivity contribution in [2.24, 2.45) is 5.73 Å². The van der Waals surface area contributed by atoms with E-state index in [4.69, 9.17) is 5.73 Å². The van der Waals surface area contributed by atoms with Crippen LogP contribution in [0.3, 0.4) is 0 Å². The van der Waals surface area contributed by atoms with Crippen LogP contribution in [0.25, 0.3) is 0 Å². The molecular formula is C24H33N5O4S. The highest BCUT2D eigenvalue weighted by atomic mass is 32.2. The van der Waals surface area contributed by atoms with Crippen molar-refractivity contribution in [3.05, 3.63) is 53.6 Å². The first-order valence-electron chi connectivity index (χ1n) is 11.5. The summed E-state index contributed by atoms with van der Waals surface area (Å²) in [7, 11) is -3.70. The summed E-state index contributed by atoms with van der Waals surface area (Å²) >= 11 is 0. The molecule has 3 rings (SSSR count).